The summed E-state index contributed by atoms with van der Waals surface area (Å²) in [5.74, 6) is 0.820. The van der Waals surface area contributed by atoms with Crippen molar-refractivity contribution >= 4 is 0 Å². The molecular formula is C11H22O3. The van der Waals surface area contributed by atoms with Gasteiger partial charge in [-0.3, -0.25) is 0 Å². The van der Waals surface area contributed by atoms with Gasteiger partial charge in [0.1, 0.15) is 0 Å². The van der Waals surface area contributed by atoms with Crippen LogP contribution < -0.4 is 0 Å². The van der Waals surface area contributed by atoms with Crippen LogP contribution in [0.3, 0.4) is 0 Å². The van der Waals surface area contributed by atoms with Crippen LogP contribution in [0.2, 0.25) is 0 Å². The van der Waals surface area contributed by atoms with Gasteiger partial charge in [0.2, 0.25) is 0 Å². The van der Waals surface area contributed by atoms with E-state index in [-0.39, 0.29) is 6.10 Å². The van der Waals surface area contributed by atoms with Gasteiger partial charge < -0.3 is 14.9 Å². The predicted molar refractivity (Wildman–Crippen MR) is 55.0 cm³/mol. The molecule has 0 heterocycles. The summed E-state index contributed by atoms with van der Waals surface area (Å²) >= 11 is 0. The molecule has 0 amide bonds. The first kappa shape index (κ1) is 12.0. The Morgan fingerprint density at radius 3 is 2.43 bits per heavy atom. The number of aliphatic hydroxyl groups excluding tert-OH is 1. The van der Waals surface area contributed by atoms with Crippen molar-refractivity contribution in [2.24, 2.45) is 11.8 Å². The molecule has 0 aromatic carbocycles. The van der Waals surface area contributed by atoms with Gasteiger partial charge in [-0.2, -0.15) is 0 Å². The van der Waals surface area contributed by atoms with E-state index in [0.717, 1.165) is 0 Å². The van der Waals surface area contributed by atoms with Crippen molar-refractivity contribution in [1.82, 2.24) is 0 Å². The van der Waals surface area contributed by atoms with Crippen molar-refractivity contribution in [2.45, 2.75) is 51.4 Å². The second-order valence-electron chi connectivity index (χ2n) is 4.99. The fourth-order valence-electron chi connectivity index (χ4n) is 2.32. The van der Waals surface area contributed by atoms with E-state index in [1.165, 1.54) is 0 Å². The van der Waals surface area contributed by atoms with Crippen molar-refractivity contribution in [3.63, 3.8) is 0 Å². The maximum Gasteiger partial charge on any atom is 0.0902 e. The molecule has 1 aliphatic rings. The molecule has 0 aromatic heterocycles. The summed E-state index contributed by atoms with van der Waals surface area (Å²) in [6.45, 7) is 5.94. The highest BCUT2D eigenvalue weighted by Gasteiger charge is 2.43. The minimum atomic E-state index is -0.994. The Morgan fingerprint density at radius 1 is 1.43 bits per heavy atom. The number of aliphatic hydroxyl groups is 2. The summed E-state index contributed by atoms with van der Waals surface area (Å²) in [5, 5.41) is 19.7. The van der Waals surface area contributed by atoms with Crippen molar-refractivity contribution < 1.29 is 14.9 Å². The van der Waals surface area contributed by atoms with E-state index < -0.39 is 11.7 Å². The highest BCUT2D eigenvalue weighted by atomic mass is 16.5. The molecule has 14 heavy (non-hydrogen) atoms. The molecule has 1 rings (SSSR count). The van der Waals surface area contributed by atoms with Gasteiger partial charge >= 0.3 is 0 Å². The summed E-state index contributed by atoms with van der Waals surface area (Å²) in [7, 11) is 1.67. The molecule has 4 unspecified atom stereocenters. The molecule has 0 bridgehead atoms. The fraction of sp³-hybridized carbons (Fsp3) is 1.00. The van der Waals surface area contributed by atoms with E-state index >= 15 is 0 Å². The van der Waals surface area contributed by atoms with E-state index in [0.29, 0.717) is 24.7 Å². The maximum atomic E-state index is 9.91. The monoisotopic (exact) mass is 202 g/mol. The van der Waals surface area contributed by atoms with E-state index in [1.54, 1.807) is 14.0 Å². The van der Waals surface area contributed by atoms with Gasteiger partial charge in [0.25, 0.3) is 0 Å². The van der Waals surface area contributed by atoms with Gasteiger partial charge in [0.15, 0.2) is 0 Å². The molecule has 1 fully saturated rings. The van der Waals surface area contributed by atoms with Crippen LogP contribution in [0.25, 0.3) is 0 Å². The Labute approximate surface area is 86.1 Å². The molecule has 0 spiro atoms. The van der Waals surface area contributed by atoms with Gasteiger partial charge in [0, 0.05) is 13.5 Å². The number of methoxy groups -OCH3 is 1. The van der Waals surface area contributed by atoms with Gasteiger partial charge in [-0.15, -0.1) is 0 Å². The van der Waals surface area contributed by atoms with Crippen molar-refractivity contribution in [2.75, 3.05) is 7.11 Å². The average molecular weight is 202 g/mol. The molecule has 0 radical (unpaired) electrons. The van der Waals surface area contributed by atoms with Crippen LogP contribution in [0.4, 0.5) is 0 Å². The summed E-state index contributed by atoms with van der Waals surface area (Å²) in [4.78, 5) is 0. The van der Waals surface area contributed by atoms with Crippen LogP contribution >= 0.6 is 0 Å². The third-order valence-corrected chi connectivity index (χ3v) is 3.46. The van der Waals surface area contributed by atoms with E-state index in [2.05, 4.69) is 13.8 Å². The van der Waals surface area contributed by atoms with Crippen LogP contribution in [0, 0.1) is 11.8 Å². The molecule has 0 aliphatic heterocycles. The second-order valence-corrected chi connectivity index (χ2v) is 4.99. The molecule has 0 saturated heterocycles. The lowest BCUT2D eigenvalue weighted by molar-refractivity contribution is -0.151. The smallest absolute Gasteiger partial charge is 0.0902 e. The van der Waals surface area contributed by atoms with Gasteiger partial charge in [-0.25, -0.2) is 0 Å². The minimum Gasteiger partial charge on any atom is -0.390 e. The quantitative estimate of drug-likeness (QED) is 0.707. The topological polar surface area (TPSA) is 49.7 Å². The first-order valence-corrected chi connectivity index (χ1v) is 5.31. The number of hydrogen-bond donors (Lipinski definition) is 2. The van der Waals surface area contributed by atoms with E-state index in [4.69, 9.17) is 4.74 Å². The standard InChI is InChI=1S/C11H22O3/c1-7(2)8-5-10(12)11(3,13)6-9(8)14-4/h7-10,12-13H,5-6H2,1-4H3. The maximum absolute atomic E-state index is 9.91. The Balaban J connectivity index is 2.73. The van der Waals surface area contributed by atoms with Crippen molar-refractivity contribution in [3.8, 4) is 0 Å². The van der Waals surface area contributed by atoms with Crippen LogP contribution in [0.15, 0.2) is 0 Å². The zero-order valence-corrected chi connectivity index (χ0v) is 9.53. The molecule has 4 atom stereocenters. The molecule has 84 valence electrons. The fourth-order valence-corrected chi connectivity index (χ4v) is 2.32. The molecular weight excluding hydrogens is 180 g/mol. The summed E-state index contributed by atoms with van der Waals surface area (Å²) in [6.07, 6.45) is 0.589. The highest BCUT2D eigenvalue weighted by molar-refractivity contribution is 4.95. The summed E-state index contributed by atoms with van der Waals surface area (Å²) < 4.78 is 5.38. The third-order valence-electron chi connectivity index (χ3n) is 3.46. The summed E-state index contributed by atoms with van der Waals surface area (Å²) in [5.41, 5.74) is -0.994. The van der Waals surface area contributed by atoms with Gasteiger partial charge in [-0.05, 0) is 25.2 Å². The van der Waals surface area contributed by atoms with Crippen molar-refractivity contribution in [1.29, 1.82) is 0 Å². The average Bonchev–Trinajstić information content (AvgIpc) is 2.08. The minimum absolute atomic E-state index is 0.0633. The first-order valence-electron chi connectivity index (χ1n) is 5.31. The lowest BCUT2D eigenvalue weighted by Gasteiger charge is -2.43. The largest absolute Gasteiger partial charge is 0.390 e. The Kier molecular flexibility index (Phi) is 3.56. The van der Waals surface area contributed by atoms with Crippen LogP contribution in [0.5, 0.6) is 0 Å². The van der Waals surface area contributed by atoms with Gasteiger partial charge in [-0.1, -0.05) is 13.8 Å². The zero-order chi connectivity index (χ0) is 10.9. The molecule has 3 nitrogen and oxygen atoms in total. The van der Waals surface area contributed by atoms with Crippen LogP contribution in [-0.4, -0.2) is 35.1 Å². The molecule has 0 aromatic rings. The number of rotatable bonds is 2. The van der Waals surface area contributed by atoms with Gasteiger partial charge in [0.05, 0.1) is 17.8 Å². The van der Waals surface area contributed by atoms with Crippen LogP contribution in [-0.2, 0) is 4.74 Å². The number of ether oxygens (including phenoxy) is 1. The lowest BCUT2D eigenvalue weighted by Crippen LogP contribution is -2.51. The molecule has 1 saturated carbocycles. The first-order chi connectivity index (χ1) is 6.38. The molecule has 3 heteroatoms. The SMILES string of the molecule is COC1CC(C)(O)C(O)CC1C(C)C. The Bertz CT molecular complexity index is 189. The molecule has 2 N–H and O–H groups in total. The summed E-state index contributed by atoms with van der Waals surface area (Å²) in [6, 6.07) is 0. The van der Waals surface area contributed by atoms with Crippen molar-refractivity contribution in [3.05, 3.63) is 0 Å². The van der Waals surface area contributed by atoms with Crippen LogP contribution in [0.1, 0.15) is 33.6 Å². The second kappa shape index (κ2) is 4.17. The normalized spacial score (nSPS) is 44.4. The lowest BCUT2D eigenvalue weighted by atomic mass is 9.71. The Hall–Kier alpha value is -0.120. The zero-order valence-electron chi connectivity index (χ0n) is 9.53. The predicted octanol–water partition coefficient (Wildman–Crippen LogP) is 1.18. The van der Waals surface area contributed by atoms with E-state index in [1.807, 2.05) is 0 Å². The molecule has 1 aliphatic carbocycles. The third kappa shape index (κ3) is 2.27. The highest BCUT2D eigenvalue weighted by Crippen LogP contribution is 2.37. The number of hydrogen-bond acceptors (Lipinski definition) is 3. The Morgan fingerprint density at radius 2 is 2.00 bits per heavy atom. The van der Waals surface area contributed by atoms with E-state index in [9.17, 15) is 10.2 Å².